The van der Waals surface area contributed by atoms with Gasteiger partial charge in [-0.1, -0.05) is 55.3 Å². The molecule has 1 heterocycles. The fourth-order valence-electron chi connectivity index (χ4n) is 4.32. The number of nitrogens with one attached hydrogen (secondary N) is 2. The SMILES string of the molecule is O=C(NCC(=O)N(Cc1ccc(F)cc1)[C@@H](C(=O)NC1CCCC1)c1ccccc1)c1ccco1. The van der Waals surface area contributed by atoms with Crippen LogP contribution in [0.15, 0.2) is 77.4 Å². The Morgan fingerprint density at radius 3 is 2.34 bits per heavy atom. The van der Waals surface area contributed by atoms with Gasteiger partial charge in [0.25, 0.3) is 5.91 Å². The van der Waals surface area contributed by atoms with Crippen LogP contribution in [-0.4, -0.2) is 35.2 Å². The van der Waals surface area contributed by atoms with Crippen LogP contribution in [0.2, 0.25) is 0 Å². The minimum atomic E-state index is -0.921. The van der Waals surface area contributed by atoms with Crippen LogP contribution in [0, 0.1) is 5.82 Å². The highest BCUT2D eigenvalue weighted by Crippen LogP contribution is 2.26. The average molecular weight is 478 g/mol. The lowest BCUT2D eigenvalue weighted by Crippen LogP contribution is -2.48. The van der Waals surface area contributed by atoms with Crippen LogP contribution >= 0.6 is 0 Å². The summed E-state index contributed by atoms with van der Waals surface area (Å²) in [4.78, 5) is 40.8. The smallest absolute Gasteiger partial charge is 0.287 e. The van der Waals surface area contributed by atoms with E-state index in [1.807, 2.05) is 18.2 Å². The number of carbonyl (C=O) groups excluding carboxylic acids is 3. The summed E-state index contributed by atoms with van der Waals surface area (Å²) in [6.45, 7) is -0.270. The molecule has 2 N–H and O–H groups in total. The maximum absolute atomic E-state index is 13.5. The van der Waals surface area contributed by atoms with Gasteiger partial charge in [0.15, 0.2) is 5.76 Å². The number of amides is 3. The summed E-state index contributed by atoms with van der Waals surface area (Å²) in [6, 6.07) is 17.1. The number of rotatable bonds is 9. The zero-order valence-corrected chi connectivity index (χ0v) is 19.3. The third-order valence-electron chi connectivity index (χ3n) is 6.11. The molecule has 0 unspecified atom stereocenters. The molecule has 1 atom stereocenters. The summed E-state index contributed by atoms with van der Waals surface area (Å²) < 4.78 is 18.6. The van der Waals surface area contributed by atoms with E-state index in [0.717, 1.165) is 25.7 Å². The Morgan fingerprint density at radius 2 is 1.69 bits per heavy atom. The lowest BCUT2D eigenvalue weighted by molar-refractivity contribution is -0.141. The fourth-order valence-corrected chi connectivity index (χ4v) is 4.32. The number of nitrogens with zero attached hydrogens (tertiary/aromatic N) is 1. The van der Waals surface area contributed by atoms with Gasteiger partial charge in [-0.2, -0.15) is 0 Å². The summed E-state index contributed by atoms with van der Waals surface area (Å²) in [5.74, 6) is -1.57. The van der Waals surface area contributed by atoms with Crippen molar-refractivity contribution < 1.29 is 23.2 Å². The Balaban J connectivity index is 1.61. The first-order valence-electron chi connectivity index (χ1n) is 11.7. The molecule has 0 saturated heterocycles. The second kappa shape index (κ2) is 11.5. The molecule has 3 amide bonds. The lowest BCUT2D eigenvalue weighted by Gasteiger charge is -2.32. The normalized spacial score (nSPS) is 14.3. The molecule has 1 aliphatic carbocycles. The van der Waals surface area contributed by atoms with E-state index in [0.29, 0.717) is 11.1 Å². The second-order valence-corrected chi connectivity index (χ2v) is 8.61. The summed E-state index contributed by atoms with van der Waals surface area (Å²) >= 11 is 0. The van der Waals surface area contributed by atoms with Crippen LogP contribution in [0.3, 0.4) is 0 Å². The standard InChI is InChI=1S/C27H28FN3O4/c28-21-14-12-19(13-15-21)18-31(24(32)17-29-26(33)23-11-6-16-35-23)25(20-7-2-1-3-8-20)27(34)30-22-9-4-5-10-22/h1-3,6-8,11-16,22,25H,4-5,9-10,17-18H2,(H,29,33)(H,30,34)/t25-/m1/s1. The van der Waals surface area contributed by atoms with E-state index in [1.54, 1.807) is 30.3 Å². The van der Waals surface area contributed by atoms with Crippen LogP contribution in [0.25, 0.3) is 0 Å². The maximum atomic E-state index is 13.5. The number of hydrogen-bond donors (Lipinski definition) is 2. The van der Waals surface area contributed by atoms with Gasteiger partial charge in [-0.25, -0.2) is 4.39 Å². The highest BCUT2D eigenvalue weighted by Gasteiger charge is 2.33. The molecule has 1 fully saturated rings. The van der Waals surface area contributed by atoms with Crippen LogP contribution in [0.5, 0.6) is 0 Å². The predicted octanol–water partition coefficient (Wildman–Crippen LogP) is 3.98. The van der Waals surface area contributed by atoms with Crippen LogP contribution in [0.1, 0.15) is 53.4 Å². The minimum Gasteiger partial charge on any atom is -0.459 e. The molecule has 182 valence electrons. The Morgan fingerprint density at radius 1 is 0.971 bits per heavy atom. The molecule has 7 nitrogen and oxygen atoms in total. The van der Waals surface area contributed by atoms with Crippen molar-refractivity contribution in [2.75, 3.05) is 6.54 Å². The first-order valence-corrected chi connectivity index (χ1v) is 11.7. The van der Waals surface area contributed by atoms with Gasteiger partial charge in [0.2, 0.25) is 11.8 Å². The van der Waals surface area contributed by atoms with Crippen molar-refractivity contribution in [2.24, 2.45) is 0 Å². The molecule has 1 aliphatic rings. The van der Waals surface area contributed by atoms with E-state index in [-0.39, 0.29) is 30.8 Å². The van der Waals surface area contributed by atoms with Gasteiger partial charge < -0.3 is 20.0 Å². The summed E-state index contributed by atoms with van der Waals surface area (Å²) in [6.07, 6.45) is 5.28. The van der Waals surface area contributed by atoms with Crippen LogP contribution in [0.4, 0.5) is 4.39 Å². The number of halogens is 1. The van der Waals surface area contributed by atoms with Crippen molar-refractivity contribution in [1.82, 2.24) is 15.5 Å². The molecule has 1 saturated carbocycles. The largest absolute Gasteiger partial charge is 0.459 e. The van der Waals surface area contributed by atoms with Crippen molar-refractivity contribution in [2.45, 2.75) is 44.3 Å². The van der Waals surface area contributed by atoms with E-state index in [1.165, 1.54) is 29.4 Å². The van der Waals surface area contributed by atoms with Gasteiger partial charge in [-0.15, -0.1) is 0 Å². The molecule has 0 aliphatic heterocycles. The maximum Gasteiger partial charge on any atom is 0.287 e. The summed E-state index contributed by atoms with van der Waals surface area (Å²) in [5.41, 5.74) is 1.31. The predicted molar refractivity (Wildman–Crippen MR) is 128 cm³/mol. The van der Waals surface area contributed by atoms with E-state index in [9.17, 15) is 18.8 Å². The van der Waals surface area contributed by atoms with E-state index in [4.69, 9.17) is 4.42 Å². The third kappa shape index (κ3) is 6.35. The third-order valence-corrected chi connectivity index (χ3v) is 6.11. The zero-order valence-electron chi connectivity index (χ0n) is 19.3. The fraction of sp³-hybridized carbons (Fsp3) is 0.296. The second-order valence-electron chi connectivity index (χ2n) is 8.61. The lowest BCUT2D eigenvalue weighted by atomic mass is 10.0. The molecule has 1 aromatic heterocycles. The molecule has 2 aromatic carbocycles. The van der Waals surface area contributed by atoms with E-state index < -0.39 is 23.7 Å². The average Bonchev–Trinajstić information content (AvgIpc) is 3.59. The number of carbonyl (C=O) groups is 3. The van der Waals surface area contributed by atoms with Gasteiger partial charge in [0, 0.05) is 12.6 Å². The minimum absolute atomic E-state index is 0.0629. The van der Waals surface area contributed by atoms with Crippen molar-refractivity contribution in [3.8, 4) is 0 Å². The summed E-state index contributed by atoms with van der Waals surface area (Å²) in [7, 11) is 0. The molecule has 3 aromatic rings. The topological polar surface area (TPSA) is 91.7 Å². The highest BCUT2D eigenvalue weighted by molar-refractivity contribution is 5.95. The Kier molecular flexibility index (Phi) is 7.92. The first-order chi connectivity index (χ1) is 17.0. The molecule has 0 radical (unpaired) electrons. The van der Waals surface area contributed by atoms with Gasteiger partial charge in [-0.05, 0) is 48.2 Å². The van der Waals surface area contributed by atoms with E-state index >= 15 is 0 Å². The van der Waals surface area contributed by atoms with Gasteiger partial charge in [0.1, 0.15) is 11.9 Å². The quantitative estimate of drug-likeness (QED) is 0.488. The van der Waals surface area contributed by atoms with Gasteiger partial charge >= 0.3 is 0 Å². The van der Waals surface area contributed by atoms with Crippen molar-refractivity contribution in [1.29, 1.82) is 0 Å². The number of furan rings is 1. The molecule has 0 bridgehead atoms. The van der Waals surface area contributed by atoms with Gasteiger partial charge in [0.05, 0.1) is 12.8 Å². The molecule has 35 heavy (non-hydrogen) atoms. The Bertz CT molecular complexity index is 1130. The van der Waals surface area contributed by atoms with Crippen LogP contribution < -0.4 is 10.6 Å². The van der Waals surface area contributed by atoms with E-state index in [2.05, 4.69) is 10.6 Å². The monoisotopic (exact) mass is 477 g/mol. The molecule has 8 heteroatoms. The first kappa shape index (κ1) is 24.2. The van der Waals surface area contributed by atoms with Crippen molar-refractivity contribution in [3.05, 3.63) is 95.7 Å². The van der Waals surface area contributed by atoms with Gasteiger partial charge in [-0.3, -0.25) is 14.4 Å². The van der Waals surface area contributed by atoms with Crippen LogP contribution in [-0.2, 0) is 16.1 Å². The molecular formula is C27H28FN3O4. The molecule has 0 spiro atoms. The number of benzene rings is 2. The Hall–Kier alpha value is -3.94. The molecular weight excluding hydrogens is 449 g/mol. The zero-order chi connectivity index (χ0) is 24.6. The Labute approximate surface area is 203 Å². The number of hydrogen-bond acceptors (Lipinski definition) is 4. The van der Waals surface area contributed by atoms with Crippen molar-refractivity contribution >= 4 is 17.7 Å². The highest BCUT2D eigenvalue weighted by atomic mass is 19.1. The van der Waals surface area contributed by atoms with Crippen molar-refractivity contribution in [3.63, 3.8) is 0 Å². The summed E-state index contributed by atoms with van der Waals surface area (Å²) in [5, 5.41) is 5.66. The molecule has 4 rings (SSSR count).